The largest absolute Gasteiger partial charge is 0.497 e. The molecule has 1 amide bonds. The summed E-state index contributed by atoms with van der Waals surface area (Å²) in [5.74, 6) is 0.718. The van der Waals surface area contributed by atoms with Crippen molar-refractivity contribution in [2.24, 2.45) is 0 Å². The van der Waals surface area contributed by atoms with Crippen LogP contribution in [0.4, 0.5) is 5.69 Å². The van der Waals surface area contributed by atoms with Gasteiger partial charge in [-0.05, 0) is 37.5 Å². The molecular formula is C24H22N4O3. The highest BCUT2D eigenvalue weighted by Gasteiger charge is 2.34. The van der Waals surface area contributed by atoms with E-state index in [1.807, 2.05) is 61.5 Å². The zero-order valence-corrected chi connectivity index (χ0v) is 17.3. The van der Waals surface area contributed by atoms with E-state index in [9.17, 15) is 9.59 Å². The van der Waals surface area contributed by atoms with Crippen LogP contribution in [0.15, 0.2) is 59.4 Å². The fourth-order valence-corrected chi connectivity index (χ4v) is 3.98. The fraction of sp³-hybridized carbons (Fsp3) is 0.208. The van der Waals surface area contributed by atoms with Crippen molar-refractivity contribution >= 4 is 17.7 Å². The van der Waals surface area contributed by atoms with Crippen molar-refractivity contribution < 1.29 is 9.53 Å². The quantitative estimate of drug-likeness (QED) is 0.487. The van der Waals surface area contributed by atoms with Crippen molar-refractivity contribution in [1.82, 2.24) is 14.6 Å². The molecule has 0 aliphatic heterocycles. The molecule has 0 unspecified atom stereocenters. The second-order valence-electron chi connectivity index (χ2n) is 7.71. The first-order chi connectivity index (χ1) is 15.1. The molecule has 2 aromatic heterocycles. The predicted molar refractivity (Wildman–Crippen MR) is 120 cm³/mol. The zero-order valence-electron chi connectivity index (χ0n) is 17.3. The van der Waals surface area contributed by atoms with Gasteiger partial charge >= 0.3 is 0 Å². The van der Waals surface area contributed by atoms with Crippen LogP contribution in [0.25, 0.3) is 28.0 Å². The molecule has 7 heteroatoms. The minimum Gasteiger partial charge on any atom is -0.497 e. The van der Waals surface area contributed by atoms with Gasteiger partial charge in [-0.15, -0.1) is 0 Å². The molecule has 5 rings (SSSR count). The fourth-order valence-electron chi connectivity index (χ4n) is 3.98. The lowest BCUT2D eigenvalue weighted by atomic mass is 10.1. The molecule has 2 heterocycles. The Labute approximate surface area is 178 Å². The van der Waals surface area contributed by atoms with E-state index in [1.165, 1.54) is 4.52 Å². The molecule has 156 valence electrons. The number of aryl methyl sites for hydroxylation is 1. The van der Waals surface area contributed by atoms with Gasteiger partial charge in [0, 0.05) is 11.6 Å². The summed E-state index contributed by atoms with van der Waals surface area (Å²) in [4.78, 5) is 32.0. The summed E-state index contributed by atoms with van der Waals surface area (Å²) in [6, 6.07) is 17.2. The first-order valence-electron chi connectivity index (χ1n) is 10.2. The second kappa shape index (κ2) is 7.43. The third-order valence-corrected chi connectivity index (χ3v) is 5.69. The van der Waals surface area contributed by atoms with E-state index in [1.54, 1.807) is 12.0 Å². The van der Waals surface area contributed by atoms with Crippen molar-refractivity contribution in [3.8, 4) is 28.1 Å². The maximum atomic E-state index is 13.6. The average Bonchev–Trinajstić information content (AvgIpc) is 3.57. The number of anilines is 1. The van der Waals surface area contributed by atoms with E-state index in [-0.39, 0.29) is 11.6 Å². The van der Waals surface area contributed by atoms with E-state index in [4.69, 9.17) is 9.72 Å². The summed E-state index contributed by atoms with van der Waals surface area (Å²) in [5, 5.41) is 3.22. The summed E-state index contributed by atoms with van der Waals surface area (Å²) >= 11 is 0. The monoisotopic (exact) mass is 414 g/mol. The van der Waals surface area contributed by atoms with Crippen LogP contribution in [0.5, 0.6) is 5.75 Å². The number of nitrogens with one attached hydrogen (secondary N) is 1. The molecule has 0 spiro atoms. The Bertz CT molecular complexity index is 1320. The summed E-state index contributed by atoms with van der Waals surface area (Å²) in [6.45, 7) is 1.82. The topological polar surface area (TPSA) is 79.7 Å². The second-order valence-corrected chi connectivity index (χ2v) is 7.71. The standard InChI is InChI=1S/C24H22N4O3/c1-15-20(16-8-12-19(31-2)13-9-16)24(30)28-23(25-15)22(27(14-29)18-10-11-18)21(26-28)17-6-4-3-5-7-17/h3-9,12-14,18,26H,10-11H2,1-2H3. The van der Waals surface area contributed by atoms with Gasteiger partial charge in [0.05, 0.1) is 24.1 Å². The smallest absolute Gasteiger partial charge is 0.280 e. The predicted octanol–water partition coefficient (Wildman–Crippen LogP) is 3.80. The molecule has 1 fully saturated rings. The summed E-state index contributed by atoms with van der Waals surface area (Å²) in [6.07, 6.45) is 2.72. The van der Waals surface area contributed by atoms with Gasteiger partial charge in [-0.1, -0.05) is 42.5 Å². The number of hydrogen-bond acceptors (Lipinski definition) is 4. The number of methoxy groups -OCH3 is 1. The average molecular weight is 414 g/mol. The molecule has 7 nitrogen and oxygen atoms in total. The van der Waals surface area contributed by atoms with Gasteiger partial charge in [0.25, 0.3) is 5.56 Å². The number of rotatable bonds is 6. The molecule has 4 aromatic rings. The molecule has 0 bridgehead atoms. The lowest BCUT2D eigenvalue weighted by Crippen LogP contribution is -2.25. The van der Waals surface area contributed by atoms with E-state index in [0.717, 1.165) is 36.1 Å². The highest BCUT2D eigenvalue weighted by Crippen LogP contribution is 2.39. The minimum atomic E-state index is -0.210. The number of carbonyl (C=O) groups is 1. The minimum absolute atomic E-state index is 0.137. The number of ether oxygens (including phenoxy) is 1. The van der Waals surface area contributed by atoms with Crippen molar-refractivity contribution in [2.45, 2.75) is 25.8 Å². The SMILES string of the molecule is COc1ccc(-c2c(C)nc3c(N(C=O)C4CC4)c(-c4ccccc4)[nH]n3c2=O)cc1. The molecule has 1 aliphatic carbocycles. The van der Waals surface area contributed by atoms with Crippen LogP contribution in [0.3, 0.4) is 0 Å². The van der Waals surface area contributed by atoms with Gasteiger partial charge in [0.2, 0.25) is 6.41 Å². The summed E-state index contributed by atoms with van der Waals surface area (Å²) in [7, 11) is 1.60. The Morgan fingerprint density at radius 1 is 1.10 bits per heavy atom. The summed E-state index contributed by atoms with van der Waals surface area (Å²) < 4.78 is 6.67. The number of carbonyl (C=O) groups excluding carboxylic acids is 1. The number of nitrogens with zero attached hydrogens (tertiary/aromatic N) is 3. The van der Waals surface area contributed by atoms with Crippen LogP contribution in [0, 0.1) is 6.92 Å². The van der Waals surface area contributed by atoms with Crippen molar-refractivity contribution in [1.29, 1.82) is 0 Å². The molecule has 31 heavy (non-hydrogen) atoms. The van der Waals surface area contributed by atoms with Gasteiger partial charge in [-0.2, -0.15) is 4.52 Å². The van der Waals surface area contributed by atoms with Crippen LogP contribution >= 0.6 is 0 Å². The van der Waals surface area contributed by atoms with Crippen molar-refractivity contribution in [3.63, 3.8) is 0 Å². The first-order valence-corrected chi connectivity index (χ1v) is 10.2. The highest BCUT2D eigenvalue weighted by molar-refractivity contribution is 5.94. The number of fused-ring (bicyclic) bond motifs is 1. The highest BCUT2D eigenvalue weighted by atomic mass is 16.5. The van der Waals surface area contributed by atoms with Crippen LogP contribution in [0.2, 0.25) is 0 Å². The number of amides is 1. The lowest BCUT2D eigenvalue weighted by Gasteiger charge is -2.17. The van der Waals surface area contributed by atoms with Crippen molar-refractivity contribution in [3.05, 3.63) is 70.6 Å². The van der Waals surface area contributed by atoms with Crippen LogP contribution in [-0.4, -0.2) is 34.2 Å². The summed E-state index contributed by atoms with van der Waals surface area (Å²) in [5.41, 5.74) is 4.36. The molecule has 0 saturated heterocycles. The molecule has 1 N–H and O–H groups in total. The Kier molecular flexibility index (Phi) is 4.58. The number of aromatic nitrogens is 3. The van der Waals surface area contributed by atoms with E-state index >= 15 is 0 Å². The van der Waals surface area contributed by atoms with Crippen LogP contribution in [-0.2, 0) is 4.79 Å². The van der Waals surface area contributed by atoms with E-state index in [0.29, 0.717) is 28.3 Å². The number of H-pyrrole nitrogens is 1. The third kappa shape index (κ3) is 3.18. The molecular weight excluding hydrogens is 392 g/mol. The first kappa shape index (κ1) is 19.1. The van der Waals surface area contributed by atoms with Crippen molar-refractivity contribution in [2.75, 3.05) is 12.0 Å². The van der Waals surface area contributed by atoms with Gasteiger partial charge in [0.1, 0.15) is 11.4 Å². The number of benzene rings is 2. The maximum absolute atomic E-state index is 13.6. The lowest BCUT2D eigenvalue weighted by molar-refractivity contribution is -0.107. The Morgan fingerprint density at radius 3 is 2.42 bits per heavy atom. The van der Waals surface area contributed by atoms with Gasteiger partial charge in [0.15, 0.2) is 5.65 Å². The Balaban J connectivity index is 1.78. The number of aromatic amines is 1. The molecule has 1 aliphatic rings. The molecule has 0 radical (unpaired) electrons. The normalized spacial score (nSPS) is 13.4. The van der Waals surface area contributed by atoms with Gasteiger partial charge < -0.3 is 9.64 Å². The van der Waals surface area contributed by atoms with E-state index < -0.39 is 0 Å². The van der Waals surface area contributed by atoms with Crippen LogP contribution in [0.1, 0.15) is 18.5 Å². The zero-order chi connectivity index (χ0) is 21.5. The Hall–Kier alpha value is -3.87. The molecule has 2 aromatic carbocycles. The van der Waals surface area contributed by atoms with E-state index in [2.05, 4.69) is 5.10 Å². The molecule has 1 saturated carbocycles. The third-order valence-electron chi connectivity index (χ3n) is 5.69. The maximum Gasteiger partial charge on any atom is 0.280 e. The number of hydrogen-bond donors (Lipinski definition) is 1. The van der Waals surface area contributed by atoms with Crippen LogP contribution < -0.4 is 15.2 Å². The molecule has 0 atom stereocenters. The van der Waals surface area contributed by atoms with Gasteiger partial charge in [-0.25, -0.2) is 4.98 Å². The Morgan fingerprint density at radius 2 is 1.81 bits per heavy atom. The van der Waals surface area contributed by atoms with Gasteiger partial charge in [-0.3, -0.25) is 14.7 Å².